The van der Waals surface area contributed by atoms with E-state index in [9.17, 15) is 0 Å². The monoisotopic (exact) mass is 255 g/mol. The van der Waals surface area contributed by atoms with Crippen molar-refractivity contribution >= 4 is 23.1 Å². The Morgan fingerprint density at radius 2 is 2.41 bits per heavy atom. The molecule has 0 radical (unpaired) electrons. The van der Waals surface area contributed by atoms with Gasteiger partial charge in [0, 0.05) is 19.7 Å². The van der Waals surface area contributed by atoms with Crippen LogP contribution < -0.4 is 10.6 Å². The zero-order valence-electron chi connectivity index (χ0n) is 9.77. The number of aromatic nitrogens is 1. The van der Waals surface area contributed by atoms with Crippen LogP contribution in [0, 0.1) is 5.92 Å². The number of aliphatic hydroxyl groups excluding tert-OH is 1. The Hall–Kier alpha value is -1.00. The van der Waals surface area contributed by atoms with Gasteiger partial charge < -0.3 is 15.7 Å². The predicted octanol–water partition coefficient (Wildman–Crippen LogP) is 1.92. The molecule has 1 aromatic rings. The van der Waals surface area contributed by atoms with Gasteiger partial charge in [-0.15, -0.1) is 0 Å². The topological polar surface area (TPSA) is 62.4 Å². The van der Waals surface area contributed by atoms with Crippen molar-refractivity contribution < 1.29 is 5.11 Å². The molecule has 2 rings (SSSR count). The highest BCUT2D eigenvalue weighted by Crippen LogP contribution is 2.29. The molecule has 17 heavy (non-hydrogen) atoms. The highest BCUT2D eigenvalue weighted by molar-refractivity contribution is 6.33. The lowest BCUT2D eigenvalue weighted by Crippen LogP contribution is -2.36. The van der Waals surface area contributed by atoms with Crippen LogP contribution in [0.5, 0.6) is 0 Å². The van der Waals surface area contributed by atoms with Crippen LogP contribution in [0.25, 0.3) is 0 Å². The fourth-order valence-electron chi connectivity index (χ4n) is 2.35. The molecule has 1 saturated heterocycles. The Balaban J connectivity index is 2.10. The quantitative estimate of drug-likeness (QED) is 0.866. The minimum atomic E-state index is 0.251. The molecule has 3 N–H and O–H groups in total. The Kier molecular flexibility index (Phi) is 4.07. The zero-order chi connectivity index (χ0) is 12.3. The second-order valence-electron chi connectivity index (χ2n) is 4.54. The van der Waals surface area contributed by atoms with Gasteiger partial charge in [-0.25, -0.2) is 4.98 Å². The Labute approximate surface area is 106 Å². The number of anilines is 2. The number of nitrogen functional groups attached to an aromatic ring is 1. The number of nitrogens with zero attached hydrogens (tertiary/aromatic N) is 2. The lowest BCUT2D eigenvalue weighted by molar-refractivity contribution is 0.244. The van der Waals surface area contributed by atoms with E-state index in [1.165, 1.54) is 6.42 Å². The summed E-state index contributed by atoms with van der Waals surface area (Å²) in [5, 5.41) is 9.60. The van der Waals surface area contributed by atoms with E-state index in [1.54, 1.807) is 12.3 Å². The molecule has 94 valence electrons. The van der Waals surface area contributed by atoms with Crippen LogP contribution >= 0.6 is 11.6 Å². The van der Waals surface area contributed by atoms with Gasteiger partial charge in [-0.1, -0.05) is 11.6 Å². The van der Waals surface area contributed by atoms with Crippen molar-refractivity contribution in [1.29, 1.82) is 0 Å². The van der Waals surface area contributed by atoms with E-state index in [2.05, 4.69) is 9.88 Å². The third-order valence-corrected chi connectivity index (χ3v) is 3.48. The first-order chi connectivity index (χ1) is 8.20. The van der Waals surface area contributed by atoms with Gasteiger partial charge in [-0.2, -0.15) is 0 Å². The van der Waals surface area contributed by atoms with Gasteiger partial charge in [-0.3, -0.25) is 0 Å². The van der Waals surface area contributed by atoms with E-state index in [0.29, 0.717) is 16.6 Å². The van der Waals surface area contributed by atoms with Crippen molar-refractivity contribution in [3.8, 4) is 0 Å². The molecule has 4 nitrogen and oxygen atoms in total. The molecule has 1 aliphatic heterocycles. The highest BCUT2D eigenvalue weighted by atomic mass is 35.5. The molecule has 0 spiro atoms. The van der Waals surface area contributed by atoms with Gasteiger partial charge in [0.2, 0.25) is 0 Å². The lowest BCUT2D eigenvalue weighted by atomic mass is 9.95. The molecule has 2 heterocycles. The molecule has 0 aliphatic carbocycles. The van der Waals surface area contributed by atoms with Crippen molar-refractivity contribution in [3.63, 3.8) is 0 Å². The fraction of sp³-hybridized carbons (Fsp3) is 0.583. The number of pyridine rings is 1. The minimum absolute atomic E-state index is 0.251. The molecule has 0 saturated carbocycles. The standard InChI is InChI=1S/C12H18ClN3O/c13-11-6-10(14)7-15-12(11)16-4-1-2-9(8-16)3-5-17/h6-7,9,17H,1-5,8,14H2. The number of hydrogen-bond donors (Lipinski definition) is 2. The molecule has 0 bridgehead atoms. The van der Waals surface area contributed by atoms with Crippen LogP contribution in [0.1, 0.15) is 19.3 Å². The second-order valence-corrected chi connectivity index (χ2v) is 4.95. The smallest absolute Gasteiger partial charge is 0.147 e. The molecular formula is C12H18ClN3O. The number of aliphatic hydroxyl groups is 1. The first-order valence-electron chi connectivity index (χ1n) is 5.97. The van der Waals surface area contributed by atoms with Gasteiger partial charge in [0.1, 0.15) is 5.82 Å². The normalized spacial score (nSPS) is 20.6. The third kappa shape index (κ3) is 3.01. The van der Waals surface area contributed by atoms with Gasteiger partial charge in [0.05, 0.1) is 16.9 Å². The Morgan fingerprint density at radius 3 is 3.12 bits per heavy atom. The molecule has 1 aromatic heterocycles. The number of hydrogen-bond acceptors (Lipinski definition) is 4. The fourth-order valence-corrected chi connectivity index (χ4v) is 2.65. The van der Waals surface area contributed by atoms with Gasteiger partial charge in [0.15, 0.2) is 0 Å². The maximum Gasteiger partial charge on any atom is 0.147 e. The SMILES string of the molecule is Nc1cnc(N2CCCC(CCO)C2)c(Cl)c1. The first-order valence-corrected chi connectivity index (χ1v) is 6.35. The van der Waals surface area contributed by atoms with Crippen LogP contribution in [0.2, 0.25) is 5.02 Å². The van der Waals surface area contributed by atoms with Gasteiger partial charge in [0.25, 0.3) is 0 Å². The van der Waals surface area contributed by atoms with E-state index in [0.717, 1.165) is 31.7 Å². The summed E-state index contributed by atoms with van der Waals surface area (Å²) in [6.07, 6.45) is 4.77. The van der Waals surface area contributed by atoms with E-state index in [4.69, 9.17) is 22.4 Å². The molecule has 1 aliphatic rings. The molecule has 0 amide bonds. The predicted molar refractivity (Wildman–Crippen MR) is 70.3 cm³/mol. The van der Waals surface area contributed by atoms with Crippen molar-refractivity contribution in [2.75, 3.05) is 30.3 Å². The summed E-state index contributed by atoms with van der Waals surface area (Å²) >= 11 is 6.15. The van der Waals surface area contributed by atoms with Crippen LogP contribution in [-0.4, -0.2) is 29.8 Å². The first kappa shape index (κ1) is 12.5. The summed E-state index contributed by atoms with van der Waals surface area (Å²) in [5.74, 6) is 1.34. The van der Waals surface area contributed by atoms with Crippen LogP contribution in [-0.2, 0) is 0 Å². The average molecular weight is 256 g/mol. The maximum absolute atomic E-state index is 8.99. The van der Waals surface area contributed by atoms with E-state index < -0.39 is 0 Å². The summed E-state index contributed by atoms with van der Waals surface area (Å²) in [7, 11) is 0. The minimum Gasteiger partial charge on any atom is -0.397 e. The molecule has 0 aromatic carbocycles. The second kappa shape index (κ2) is 5.56. The average Bonchev–Trinajstić information content (AvgIpc) is 2.29. The highest BCUT2D eigenvalue weighted by Gasteiger charge is 2.22. The number of rotatable bonds is 3. The summed E-state index contributed by atoms with van der Waals surface area (Å²) in [4.78, 5) is 6.49. The summed E-state index contributed by atoms with van der Waals surface area (Å²) < 4.78 is 0. The van der Waals surface area contributed by atoms with E-state index in [-0.39, 0.29) is 6.61 Å². The van der Waals surface area contributed by atoms with Crippen molar-refractivity contribution in [1.82, 2.24) is 4.98 Å². The van der Waals surface area contributed by atoms with Gasteiger partial charge >= 0.3 is 0 Å². The maximum atomic E-state index is 8.99. The zero-order valence-corrected chi connectivity index (χ0v) is 10.5. The van der Waals surface area contributed by atoms with E-state index in [1.807, 2.05) is 0 Å². The Bertz CT molecular complexity index is 384. The summed E-state index contributed by atoms with van der Waals surface area (Å²) in [6.45, 7) is 2.14. The van der Waals surface area contributed by atoms with Crippen LogP contribution in [0.15, 0.2) is 12.3 Å². The number of piperidine rings is 1. The number of nitrogens with two attached hydrogens (primary N) is 1. The van der Waals surface area contributed by atoms with Crippen molar-refractivity contribution in [2.45, 2.75) is 19.3 Å². The molecule has 1 fully saturated rings. The lowest BCUT2D eigenvalue weighted by Gasteiger charge is -2.33. The molecule has 1 atom stereocenters. The molecule has 5 heteroatoms. The summed E-state index contributed by atoms with van der Waals surface area (Å²) in [6, 6.07) is 1.74. The molecular weight excluding hydrogens is 238 g/mol. The van der Waals surface area contributed by atoms with Crippen LogP contribution in [0.4, 0.5) is 11.5 Å². The largest absolute Gasteiger partial charge is 0.397 e. The summed E-state index contributed by atoms with van der Waals surface area (Å²) in [5.41, 5.74) is 6.22. The van der Waals surface area contributed by atoms with E-state index >= 15 is 0 Å². The molecule has 1 unspecified atom stereocenters. The van der Waals surface area contributed by atoms with Crippen LogP contribution in [0.3, 0.4) is 0 Å². The third-order valence-electron chi connectivity index (χ3n) is 3.20. The van der Waals surface area contributed by atoms with Crippen molar-refractivity contribution in [2.24, 2.45) is 5.92 Å². The number of halogens is 1. The Morgan fingerprint density at radius 1 is 1.59 bits per heavy atom. The van der Waals surface area contributed by atoms with Crippen molar-refractivity contribution in [3.05, 3.63) is 17.3 Å². The van der Waals surface area contributed by atoms with Gasteiger partial charge in [-0.05, 0) is 31.2 Å².